The Bertz CT molecular complexity index is 352. The fourth-order valence-electron chi connectivity index (χ4n) is 2.08. The minimum atomic E-state index is -0.0328. The van der Waals surface area contributed by atoms with Crippen LogP contribution >= 0.6 is 0 Å². The van der Waals surface area contributed by atoms with E-state index in [2.05, 4.69) is 0 Å². The summed E-state index contributed by atoms with van der Waals surface area (Å²) >= 11 is 0. The topological polar surface area (TPSA) is 42.2 Å². The van der Waals surface area contributed by atoms with Crippen molar-refractivity contribution in [2.24, 2.45) is 0 Å². The van der Waals surface area contributed by atoms with Gasteiger partial charge in [0.05, 0.1) is 12.3 Å². The summed E-state index contributed by atoms with van der Waals surface area (Å²) in [6.07, 6.45) is 2.14. The lowest BCUT2D eigenvalue weighted by atomic mass is 10.2. The molecule has 0 fully saturated rings. The first-order valence-electron chi connectivity index (χ1n) is 4.57. The number of nitrogens with zero attached hydrogens (tertiary/aromatic N) is 1. The van der Waals surface area contributed by atoms with Crippen molar-refractivity contribution in [3.63, 3.8) is 0 Å². The molecule has 3 heteroatoms. The number of aliphatic hydroxyl groups excluding tert-OH is 1. The van der Waals surface area contributed by atoms with E-state index in [0.717, 1.165) is 24.9 Å². The summed E-state index contributed by atoms with van der Waals surface area (Å²) < 4.78 is 2.04. The average molecular weight is 179 g/mol. The molecule has 2 rings (SSSR count). The molecule has 1 aromatic rings. The third kappa shape index (κ3) is 1.20. The van der Waals surface area contributed by atoms with E-state index in [1.807, 2.05) is 10.6 Å². The predicted octanol–water partition coefficient (Wildman–Crippen LogP) is 1.13. The van der Waals surface area contributed by atoms with Crippen LogP contribution in [-0.4, -0.2) is 15.5 Å². The molecule has 0 amide bonds. The van der Waals surface area contributed by atoms with E-state index in [-0.39, 0.29) is 12.4 Å². The van der Waals surface area contributed by atoms with Crippen LogP contribution in [-0.2, 0) is 19.6 Å². The molecule has 0 aliphatic carbocycles. The van der Waals surface area contributed by atoms with Crippen molar-refractivity contribution in [3.05, 3.63) is 23.0 Å². The van der Waals surface area contributed by atoms with Gasteiger partial charge in [-0.15, -0.1) is 0 Å². The molecular weight excluding hydrogens is 166 g/mol. The average Bonchev–Trinajstić information content (AvgIpc) is 2.59. The maximum atomic E-state index is 11.3. The lowest BCUT2D eigenvalue weighted by Gasteiger charge is -2.03. The van der Waals surface area contributed by atoms with Gasteiger partial charge in [-0.05, 0) is 18.9 Å². The van der Waals surface area contributed by atoms with Crippen molar-refractivity contribution in [3.8, 4) is 0 Å². The molecule has 1 aliphatic rings. The molecule has 13 heavy (non-hydrogen) atoms. The molecule has 0 bridgehead atoms. The highest BCUT2D eigenvalue weighted by Crippen LogP contribution is 2.23. The number of Topliss-reactive ketones (excluding diaryl/α,β-unsaturated/α-hetero) is 1. The lowest BCUT2D eigenvalue weighted by Crippen LogP contribution is -2.06. The van der Waals surface area contributed by atoms with Gasteiger partial charge in [0.25, 0.3) is 0 Å². The number of aliphatic hydroxyl groups is 1. The lowest BCUT2D eigenvalue weighted by molar-refractivity contribution is 0.100. The van der Waals surface area contributed by atoms with Crippen LogP contribution in [0.2, 0.25) is 0 Å². The number of carbonyl (C=O) groups excluding carboxylic acids is 1. The molecule has 3 nitrogen and oxygen atoms in total. The summed E-state index contributed by atoms with van der Waals surface area (Å²) in [7, 11) is 0. The Morgan fingerprint density at radius 1 is 1.69 bits per heavy atom. The van der Waals surface area contributed by atoms with E-state index in [1.165, 1.54) is 5.69 Å². The number of ketones is 1. The highest BCUT2D eigenvalue weighted by atomic mass is 16.3. The van der Waals surface area contributed by atoms with Crippen LogP contribution in [0.15, 0.2) is 6.07 Å². The van der Waals surface area contributed by atoms with E-state index in [1.54, 1.807) is 6.92 Å². The summed E-state index contributed by atoms with van der Waals surface area (Å²) in [6.45, 7) is 2.44. The highest BCUT2D eigenvalue weighted by Gasteiger charge is 2.20. The Hall–Kier alpha value is -1.09. The van der Waals surface area contributed by atoms with E-state index in [0.29, 0.717) is 5.69 Å². The molecule has 0 aromatic carbocycles. The Kier molecular flexibility index (Phi) is 1.96. The second-order valence-electron chi connectivity index (χ2n) is 3.48. The normalized spacial score (nSPS) is 14.6. The largest absolute Gasteiger partial charge is 0.392 e. The number of hydrogen-bond donors (Lipinski definition) is 1. The second-order valence-corrected chi connectivity index (χ2v) is 3.48. The Morgan fingerprint density at radius 3 is 3.08 bits per heavy atom. The van der Waals surface area contributed by atoms with Crippen molar-refractivity contribution >= 4 is 5.78 Å². The first-order valence-corrected chi connectivity index (χ1v) is 4.57. The zero-order chi connectivity index (χ0) is 9.42. The highest BCUT2D eigenvalue weighted by molar-refractivity contribution is 5.94. The molecule has 70 valence electrons. The molecule has 1 N–H and O–H groups in total. The second kappa shape index (κ2) is 3.00. The fraction of sp³-hybridized carbons (Fsp3) is 0.500. The third-order valence-corrected chi connectivity index (χ3v) is 2.58. The molecular formula is C10H13NO2. The summed E-state index contributed by atoms with van der Waals surface area (Å²) in [4.78, 5) is 11.3. The van der Waals surface area contributed by atoms with Crippen LogP contribution in [0.5, 0.6) is 0 Å². The number of carbonyl (C=O) groups is 1. The van der Waals surface area contributed by atoms with Gasteiger partial charge in [-0.1, -0.05) is 0 Å². The van der Waals surface area contributed by atoms with Gasteiger partial charge in [0.1, 0.15) is 0 Å². The first kappa shape index (κ1) is 8.51. The van der Waals surface area contributed by atoms with Gasteiger partial charge < -0.3 is 9.67 Å². The molecule has 0 atom stereocenters. The van der Waals surface area contributed by atoms with Gasteiger partial charge >= 0.3 is 0 Å². The van der Waals surface area contributed by atoms with E-state index in [9.17, 15) is 4.79 Å². The number of fused-ring (bicyclic) bond motifs is 1. The maximum Gasteiger partial charge on any atom is 0.176 e. The van der Waals surface area contributed by atoms with E-state index in [4.69, 9.17) is 5.11 Å². The Morgan fingerprint density at radius 2 is 2.46 bits per heavy atom. The van der Waals surface area contributed by atoms with Gasteiger partial charge in [0.2, 0.25) is 0 Å². The molecule has 0 saturated carbocycles. The van der Waals surface area contributed by atoms with Crippen LogP contribution in [0.25, 0.3) is 0 Å². The zero-order valence-electron chi connectivity index (χ0n) is 7.71. The van der Waals surface area contributed by atoms with Crippen molar-refractivity contribution < 1.29 is 9.90 Å². The fourth-order valence-corrected chi connectivity index (χ4v) is 2.08. The SMILES string of the molecule is CC(=O)c1c(CO)cc2n1CCC2. The standard InChI is InChI=1S/C10H13NO2/c1-7(13)10-8(6-12)5-9-3-2-4-11(9)10/h5,12H,2-4,6H2,1H3. The van der Waals surface area contributed by atoms with Crippen molar-refractivity contribution in [2.75, 3.05) is 0 Å². The van der Waals surface area contributed by atoms with Gasteiger partial charge in [-0.3, -0.25) is 4.79 Å². The van der Waals surface area contributed by atoms with Crippen LogP contribution in [0.4, 0.5) is 0 Å². The summed E-state index contributed by atoms with van der Waals surface area (Å²) in [6, 6.07) is 1.95. The summed E-state index contributed by atoms with van der Waals surface area (Å²) in [5.74, 6) is 0.0530. The number of aromatic nitrogens is 1. The van der Waals surface area contributed by atoms with Crippen LogP contribution in [0.3, 0.4) is 0 Å². The van der Waals surface area contributed by atoms with Crippen molar-refractivity contribution in [1.29, 1.82) is 0 Å². The Balaban J connectivity index is 2.55. The minimum Gasteiger partial charge on any atom is -0.392 e. The minimum absolute atomic E-state index is 0.0328. The van der Waals surface area contributed by atoms with Crippen LogP contribution < -0.4 is 0 Å². The molecule has 0 spiro atoms. The molecule has 0 radical (unpaired) electrons. The molecule has 2 heterocycles. The van der Waals surface area contributed by atoms with Crippen LogP contribution in [0, 0.1) is 0 Å². The zero-order valence-corrected chi connectivity index (χ0v) is 7.71. The van der Waals surface area contributed by atoms with E-state index >= 15 is 0 Å². The molecule has 0 saturated heterocycles. The number of rotatable bonds is 2. The van der Waals surface area contributed by atoms with Crippen molar-refractivity contribution in [2.45, 2.75) is 32.9 Å². The quantitative estimate of drug-likeness (QED) is 0.691. The number of hydrogen-bond acceptors (Lipinski definition) is 2. The van der Waals surface area contributed by atoms with Crippen molar-refractivity contribution in [1.82, 2.24) is 4.57 Å². The maximum absolute atomic E-state index is 11.3. The third-order valence-electron chi connectivity index (χ3n) is 2.58. The van der Waals surface area contributed by atoms with E-state index < -0.39 is 0 Å². The van der Waals surface area contributed by atoms with Gasteiger partial charge in [-0.25, -0.2) is 0 Å². The smallest absolute Gasteiger partial charge is 0.176 e. The predicted molar refractivity (Wildman–Crippen MR) is 48.7 cm³/mol. The van der Waals surface area contributed by atoms with Gasteiger partial charge in [-0.2, -0.15) is 0 Å². The molecule has 0 unspecified atom stereocenters. The summed E-state index contributed by atoms with van der Waals surface area (Å²) in [5.41, 5.74) is 2.67. The Labute approximate surface area is 77.0 Å². The molecule has 1 aliphatic heterocycles. The van der Waals surface area contributed by atoms with Crippen LogP contribution in [0.1, 0.15) is 35.1 Å². The number of aryl methyl sites for hydroxylation is 1. The van der Waals surface area contributed by atoms with Gasteiger partial charge in [0, 0.05) is 24.7 Å². The van der Waals surface area contributed by atoms with Gasteiger partial charge in [0.15, 0.2) is 5.78 Å². The summed E-state index contributed by atoms with van der Waals surface area (Å²) in [5, 5.41) is 9.06. The molecule has 1 aromatic heterocycles. The first-order chi connectivity index (χ1) is 6.24. The monoisotopic (exact) mass is 179 g/mol.